The number of benzene rings is 2. The van der Waals surface area contributed by atoms with Gasteiger partial charge >= 0.3 is 0 Å². The molecule has 3 heteroatoms. The van der Waals surface area contributed by atoms with Crippen LogP contribution in [0.2, 0.25) is 0 Å². The lowest BCUT2D eigenvalue weighted by Gasteiger charge is -1.98. The van der Waals surface area contributed by atoms with Crippen LogP contribution in [0.4, 0.5) is 0 Å². The van der Waals surface area contributed by atoms with Crippen molar-refractivity contribution >= 4 is 22.9 Å². The quantitative estimate of drug-likeness (QED) is 0.580. The summed E-state index contributed by atoms with van der Waals surface area (Å²) < 4.78 is 0. The van der Waals surface area contributed by atoms with E-state index in [0.29, 0.717) is 5.88 Å². The molecule has 100 valence electrons. The predicted molar refractivity (Wildman–Crippen MR) is 87.3 cm³/mol. The first-order valence-corrected chi connectivity index (χ1v) is 7.81. The molecular formula is C17H14ClNS. The number of nitrogens with zero attached hydrogens (tertiary/aromatic N) is 1. The molecule has 0 atom stereocenters. The van der Waals surface area contributed by atoms with Gasteiger partial charge in [-0.05, 0) is 13.0 Å². The largest absolute Gasteiger partial charge is 0.236 e. The molecule has 1 heterocycles. The van der Waals surface area contributed by atoms with Crippen LogP contribution in [0.3, 0.4) is 0 Å². The zero-order valence-electron chi connectivity index (χ0n) is 11.1. The summed E-state index contributed by atoms with van der Waals surface area (Å²) in [6.45, 7) is 2.09. The first kappa shape index (κ1) is 13.3. The van der Waals surface area contributed by atoms with E-state index in [1.54, 1.807) is 11.3 Å². The van der Waals surface area contributed by atoms with Gasteiger partial charge in [-0.3, -0.25) is 0 Å². The number of aromatic nitrogens is 1. The van der Waals surface area contributed by atoms with Crippen molar-refractivity contribution < 1.29 is 0 Å². The molecule has 1 nitrogen and oxygen atoms in total. The molecule has 0 N–H and O–H groups in total. The molecule has 0 radical (unpaired) electrons. The van der Waals surface area contributed by atoms with Crippen LogP contribution in [0.25, 0.3) is 21.8 Å². The van der Waals surface area contributed by atoms with Gasteiger partial charge in [-0.25, -0.2) is 4.98 Å². The Balaban J connectivity index is 2.10. The summed E-state index contributed by atoms with van der Waals surface area (Å²) in [6, 6.07) is 18.6. The van der Waals surface area contributed by atoms with Gasteiger partial charge in [0.05, 0.1) is 11.6 Å². The summed E-state index contributed by atoms with van der Waals surface area (Å²) in [7, 11) is 0. The molecule has 0 amide bonds. The van der Waals surface area contributed by atoms with Gasteiger partial charge in [-0.15, -0.1) is 22.9 Å². The Morgan fingerprint density at radius 2 is 1.75 bits per heavy atom. The van der Waals surface area contributed by atoms with Gasteiger partial charge in [0, 0.05) is 16.0 Å². The first-order valence-electron chi connectivity index (χ1n) is 6.46. The third-order valence-electron chi connectivity index (χ3n) is 3.13. The molecule has 0 spiro atoms. The van der Waals surface area contributed by atoms with Crippen LogP contribution in [0, 0.1) is 6.92 Å². The smallest absolute Gasteiger partial charge is 0.124 e. The van der Waals surface area contributed by atoms with E-state index in [2.05, 4.69) is 43.3 Å². The molecule has 0 saturated heterocycles. The normalized spacial score (nSPS) is 10.7. The van der Waals surface area contributed by atoms with Crippen LogP contribution in [-0.2, 0) is 5.88 Å². The van der Waals surface area contributed by atoms with E-state index in [9.17, 15) is 0 Å². The molecule has 0 aliphatic carbocycles. The number of aryl methyl sites for hydroxylation is 1. The van der Waals surface area contributed by atoms with E-state index < -0.39 is 0 Å². The van der Waals surface area contributed by atoms with E-state index in [1.807, 2.05) is 18.2 Å². The molecule has 0 aliphatic heterocycles. The van der Waals surface area contributed by atoms with Crippen molar-refractivity contribution in [3.63, 3.8) is 0 Å². The highest BCUT2D eigenvalue weighted by Crippen LogP contribution is 2.34. The van der Waals surface area contributed by atoms with Crippen LogP contribution in [0.1, 0.15) is 10.4 Å². The van der Waals surface area contributed by atoms with E-state index >= 15 is 0 Å². The molecule has 1 aromatic heterocycles. The number of hydrogen-bond donors (Lipinski definition) is 0. The summed E-state index contributed by atoms with van der Waals surface area (Å²) in [4.78, 5) is 5.92. The predicted octanol–water partition coefficient (Wildman–Crippen LogP) is 5.52. The van der Waals surface area contributed by atoms with Crippen molar-refractivity contribution in [1.82, 2.24) is 4.98 Å². The van der Waals surface area contributed by atoms with E-state index in [1.165, 1.54) is 5.56 Å². The third kappa shape index (κ3) is 2.62. The van der Waals surface area contributed by atoms with Gasteiger partial charge in [0.1, 0.15) is 5.01 Å². The SMILES string of the molecule is Cc1cccc(-c2nc(-c3ccccc3)c(CCl)s2)c1. The summed E-state index contributed by atoms with van der Waals surface area (Å²) in [5.41, 5.74) is 4.52. The Hall–Kier alpha value is -1.64. The minimum atomic E-state index is 0.494. The summed E-state index contributed by atoms with van der Waals surface area (Å²) >= 11 is 7.76. The van der Waals surface area contributed by atoms with Crippen molar-refractivity contribution in [2.75, 3.05) is 0 Å². The van der Waals surface area contributed by atoms with Crippen LogP contribution in [0.15, 0.2) is 54.6 Å². The summed E-state index contributed by atoms with van der Waals surface area (Å²) in [5.74, 6) is 0.494. The van der Waals surface area contributed by atoms with Crippen LogP contribution in [0.5, 0.6) is 0 Å². The van der Waals surface area contributed by atoms with Crippen molar-refractivity contribution in [2.24, 2.45) is 0 Å². The second-order valence-corrected chi connectivity index (χ2v) is 6.01. The van der Waals surface area contributed by atoms with Crippen molar-refractivity contribution in [1.29, 1.82) is 0 Å². The maximum absolute atomic E-state index is 6.08. The zero-order valence-corrected chi connectivity index (χ0v) is 12.7. The Kier molecular flexibility index (Phi) is 3.86. The highest BCUT2D eigenvalue weighted by molar-refractivity contribution is 7.15. The van der Waals surface area contributed by atoms with Crippen LogP contribution >= 0.6 is 22.9 Å². The fourth-order valence-electron chi connectivity index (χ4n) is 2.17. The molecule has 0 unspecified atom stereocenters. The lowest BCUT2D eigenvalue weighted by molar-refractivity contribution is 1.35. The lowest BCUT2D eigenvalue weighted by atomic mass is 10.1. The summed E-state index contributed by atoms with van der Waals surface area (Å²) in [5, 5.41) is 1.03. The second kappa shape index (κ2) is 5.78. The van der Waals surface area contributed by atoms with E-state index in [-0.39, 0.29) is 0 Å². The molecule has 0 fully saturated rings. The number of thiazole rings is 1. The number of alkyl halides is 1. The van der Waals surface area contributed by atoms with Crippen LogP contribution < -0.4 is 0 Å². The maximum Gasteiger partial charge on any atom is 0.124 e. The average molecular weight is 300 g/mol. The van der Waals surface area contributed by atoms with Crippen molar-refractivity contribution in [3.8, 4) is 21.8 Å². The van der Waals surface area contributed by atoms with Gasteiger partial charge < -0.3 is 0 Å². The zero-order chi connectivity index (χ0) is 13.9. The second-order valence-electron chi connectivity index (χ2n) is 4.66. The number of rotatable bonds is 3. The fraction of sp³-hybridized carbons (Fsp3) is 0.118. The first-order chi connectivity index (χ1) is 9.78. The highest BCUT2D eigenvalue weighted by atomic mass is 35.5. The monoisotopic (exact) mass is 299 g/mol. The fourth-order valence-corrected chi connectivity index (χ4v) is 3.39. The minimum Gasteiger partial charge on any atom is -0.236 e. The minimum absolute atomic E-state index is 0.494. The molecule has 0 aliphatic rings. The number of hydrogen-bond acceptors (Lipinski definition) is 2. The van der Waals surface area contributed by atoms with Gasteiger partial charge in [0.2, 0.25) is 0 Å². The standard InChI is InChI=1S/C17H14ClNS/c1-12-6-5-9-14(10-12)17-19-16(15(11-18)20-17)13-7-3-2-4-8-13/h2-10H,11H2,1H3. The summed E-state index contributed by atoms with van der Waals surface area (Å²) in [6.07, 6.45) is 0. The Morgan fingerprint density at radius 1 is 1.00 bits per heavy atom. The highest BCUT2D eigenvalue weighted by Gasteiger charge is 2.13. The van der Waals surface area contributed by atoms with Crippen LogP contribution in [-0.4, -0.2) is 4.98 Å². The van der Waals surface area contributed by atoms with Crippen molar-refractivity contribution in [2.45, 2.75) is 12.8 Å². The molecule has 2 aromatic carbocycles. The van der Waals surface area contributed by atoms with Crippen molar-refractivity contribution in [3.05, 3.63) is 65.0 Å². The molecule has 0 saturated carbocycles. The Labute approximate surface area is 127 Å². The molecule has 20 heavy (non-hydrogen) atoms. The van der Waals surface area contributed by atoms with E-state index in [0.717, 1.165) is 26.7 Å². The Morgan fingerprint density at radius 3 is 2.45 bits per heavy atom. The molecular weight excluding hydrogens is 286 g/mol. The lowest BCUT2D eigenvalue weighted by Crippen LogP contribution is -1.82. The van der Waals surface area contributed by atoms with Gasteiger partial charge in [-0.1, -0.05) is 54.1 Å². The maximum atomic E-state index is 6.08. The van der Waals surface area contributed by atoms with Gasteiger partial charge in [0.15, 0.2) is 0 Å². The van der Waals surface area contributed by atoms with Gasteiger partial charge in [0.25, 0.3) is 0 Å². The molecule has 3 rings (SSSR count). The van der Waals surface area contributed by atoms with E-state index in [4.69, 9.17) is 16.6 Å². The number of halogens is 1. The topological polar surface area (TPSA) is 12.9 Å². The Bertz CT molecular complexity index is 719. The third-order valence-corrected chi connectivity index (χ3v) is 4.66. The molecule has 0 bridgehead atoms. The van der Waals surface area contributed by atoms with Gasteiger partial charge in [-0.2, -0.15) is 0 Å². The molecule has 3 aromatic rings. The average Bonchev–Trinajstić information content (AvgIpc) is 2.92.